The molecule has 0 aliphatic heterocycles. The Morgan fingerprint density at radius 2 is 2.04 bits per heavy atom. The molecule has 0 fully saturated rings. The highest BCUT2D eigenvalue weighted by Crippen LogP contribution is 2.27. The van der Waals surface area contributed by atoms with Crippen molar-refractivity contribution in [2.45, 2.75) is 33.2 Å². The van der Waals surface area contributed by atoms with Crippen molar-refractivity contribution in [1.82, 2.24) is 4.57 Å². The Hall–Kier alpha value is -2.88. The zero-order valence-electron chi connectivity index (χ0n) is 15.6. The van der Waals surface area contributed by atoms with Gasteiger partial charge in [0.15, 0.2) is 6.29 Å². The van der Waals surface area contributed by atoms with Crippen molar-refractivity contribution in [3.8, 4) is 0 Å². The number of amides is 1. The minimum Gasteiger partial charge on any atom is -0.328 e. The van der Waals surface area contributed by atoms with Crippen molar-refractivity contribution in [1.29, 1.82) is 0 Å². The molecule has 26 heavy (non-hydrogen) atoms. The molecule has 4 heteroatoms. The number of anilines is 1. The van der Waals surface area contributed by atoms with Gasteiger partial charge in [-0.3, -0.25) is 9.59 Å². The quantitative estimate of drug-likeness (QED) is 0.399. The molecular formula is C22H26N2O2. The van der Waals surface area contributed by atoms with Gasteiger partial charge in [-0.1, -0.05) is 44.2 Å². The summed E-state index contributed by atoms with van der Waals surface area (Å²) in [6, 6.07) is 7.38. The molecule has 0 aliphatic carbocycles. The van der Waals surface area contributed by atoms with Crippen LogP contribution >= 0.6 is 0 Å². The number of aldehydes is 1. The van der Waals surface area contributed by atoms with E-state index < -0.39 is 0 Å². The molecule has 1 atom stereocenters. The van der Waals surface area contributed by atoms with Gasteiger partial charge in [-0.2, -0.15) is 0 Å². The van der Waals surface area contributed by atoms with Crippen LogP contribution in [-0.2, 0) is 4.79 Å². The Bertz CT molecular complexity index is 856. The highest BCUT2D eigenvalue weighted by molar-refractivity contribution is 5.96. The lowest BCUT2D eigenvalue weighted by Gasteiger charge is -2.14. The van der Waals surface area contributed by atoms with E-state index in [0.717, 1.165) is 22.9 Å². The minimum absolute atomic E-state index is 0.00681. The number of allylic oxidation sites excluding steroid dienone is 5. The van der Waals surface area contributed by atoms with Gasteiger partial charge in [-0.15, -0.1) is 6.58 Å². The van der Waals surface area contributed by atoms with Crippen molar-refractivity contribution >= 4 is 28.8 Å². The van der Waals surface area contributed by atoms with E-state index in [-0.39, 0.29) is 11.9 Å². The molecular weight excluding hydrogens is 324 g/mol. The molecule has 1 heterocycles. The molecule has 0 radical (unpaired) electrons. The molecule has 1 aromatic heterocycles. The SMILES string of the molecule is C=CC(C=C/C=C\C)n1c(C=O)cc2cc(NC(=O)CC(C)C)ccc21. The smallest absolute Gasteiger partial charge is 0.224 e. The van der Waals surface area contributed by atoms with Gasteiger partial charge in [-0.05, 0) is 37.1 Å². The Morgan fingerprint density at radius 1 is 1.27 bits per heavy atom. The van der Waals surface area contributed by atoms with Crippen LogP contribution in [0.25, 0.3) is 10.9 Å². The lowest BCUT2D eigenvalue weighted by Crippen LogP contribution is -2.13. The first-order valence-corrected chi connectivity index (χ1v) is 8.82. The van der Waals surface area contributed by atoms with Gasteiger partial charge in [0, 0.05) is 23.0 Å². The number of carbonyl (C=O) groups excluding carboxylic acids is 2. The molecule has 0 saturated heterocycles. The summed E-state index contributed by atoms with van der Waals surface area (Å²) in [5, 5.41) is 3.82. The first kappa shape index (κ1) is 19.4. The number of nitrogens with zero attached hydrogens (tertiary/aromatic N) is 1. The number of benzene rings is 1. The van der Waals surface area contributed by atoms with Gasteiger partial charge in [0.1, 0.15) is 0 Å². The van der Waals surface area contributed by atoms with Crippen LogP contribution in [0.5, 0.6) is 0 Å². The lowest BCUT2D eigenvalue weighted by molar-refractivity contribution is -0.116. The number of carbonyl (C=O) groups is 2. The maximum atomic E-state index is 12.0. The first-order chi connectivity index (χ1) is 12.5. The predicted molar refractivity (Wildman–Crippen MR) is 109 cm³/mol. The summed E-state index contributed by atoms with van der Waals surface area (Å²) in [5.41, 5.74) is 2.22. The van der Waals surface area contributed by atoms with Crippen molar-refractivity contribution < 1.29 is 9.59 Å². The molecule has 0 bridgehead atoms. The maximum absolute atomic E-state index is 12.0. The second-order valence-corrected chi connectivity index (χ2v) is 6.61. The third kappa shape index (κ3) is 4.60. The molecule has 1 aromatic carbocycles. The van der Waals surface area contributed by atoms with Gasteiger partial charge in [0.05, 0.1) is 11.7 Å². The van der Waals surface area contributed by atoms with E-state index in [4.69, 9.17) is 0 Å². The lowest BCUT2D eigenvalue weighted by atomic mass is 10.1. The van der Waals surface area contributed by atoms with E-state index in [1.807, 2.05) is 73.9 Å². The van der Waals surface area contributed by atoms with Crippen molar-refractivity contribution in [3.05, 3.63) is 66.9 Å². The number of hydrogen-bond donors (Lipinski definition) is 1. The number of hydrogen-bond acceptors (Lipinski definition) is 2. The fraction of sp³-hybridized carbons (Fsp3) is 0.273. The summed E-state index contributed by atoms with van der Waals surface area (Å²) < 4.78 is 1.94. The largest absolute Gasteiger partial charge is 0.328 e. The Kier molecular flexibility index (Phi) is 6.73. The van der Waals surface area contributed by atoms with Gasteiger partial charge in [-0.25, -0.2) is 0 Å². The van der Waals surface area contributed by atoms with Crippen LogP contribution < -0.4 is 5.32 Å². The maximum Gasteiger partial charge on any atom is 0.224 e. The van der Waals surface area contributed by atoms with E-state index in [2.05, 4.69) is 11.9 Å². The summed E-state index contributed by atoms with van der Waals surface area (Å²) in [5.74, 6) is 0.298. The third-order valence-corrected chi connectivity index (χ3v) is 4.02. The number of nitrogens with one attached hydrogen (secondary N) is 1. The molecule has 2 aromatic rings. The molecule has 1 N–H and O–H groups in total. The van der Waals surface area contributed by atoms with Crippen molar-refractivity contribution in [2.24, 2.45) is 5.92 Å². The standard InChI is InChI=1S/C22H26N2O2/c1-5-7-8-9-19(6-2)24-20(15-25)14-17-13-18(10-11-21(17)24)23-22(26)12-16(3)4/h5-11,13-16,19H,2,12H2,1,3-4H3,(H,23,26)/b7-5-,9-8?. The van der Waals surface area contributed by atoms with Crippen molar-refractivity contribution in [2.75, 3.05) is 5.32 Å². The third-order valence-electron chi connectivity index (χ3n) is 4.02. The molecule has 0 saturated carbocycles. The molecule has 0 aliphatic rings. The Morgan fingerprint density at radius 3 is 2.65 bits per heavy atom. The van der Waals surface area contributed by atoms with Crippen LogP contribution in [0.15, 0.2) is 61.2 Å². The highest BCUT2D eigenvalue weighted by Gasteiger charge is 2.14. The van der Waals surface area contributed by atoms with Gasteiger partial charge >= 0.3 is 0 Å². The van der Waals surface area contributed by atoms with Crippen LogP contribution in [0, 0.1) is 5.92 Å². The highest BCUT2D eigenvalue weighted by atomic mass is 16.1. The Balaban J connectivity index is 2.41. The van der Waals surface area contributed by atoms with Crippen molar-refractivity contribution in [3.63, 3.8) is 0 Å². The van der Waals surface area contributed by atoms with E-state index in [9.17, 15) is 9.59 Å². The van der Waals surface area contributed by atoms with Gasteiger partial charge in [0.2, 0.25) is 5.91 Å². The fourth-order valence-corrected chi connectivity index (χ4v) is 2.90. The Labute approximate surface area is 154 Å². The number of rotatable bonds is 8. The van der Waals surface area contributed by atoms with Crippen LogP contribution in [0.4, 0.5) is 5.69 Å². The van der Waals surface area contributed by atoms with E-state index >= 15 is 0 Å². The minimum atomic E-state index is -0.134. The topological polar surface area (TPSA) is 51.1 Å². The normalized spacial score (nSPS) is 12.9. The average Bonchev–Trinajstić information content (AvgIpc) is 2.95. The van der Waals surface area contributed by atoms with Crippen LogP contribution in [0.1, 0.15) is 43.7 Å². The summed E-state index contributed by atoms with van der Waals surface area (Å²) in [4.78, 5) is 23.6. The zero-order valence-corrected chi connectivity index (χ0v) is 15.6. The number of aromatic nitrogens is 1. The molecule has 1 unspecified atom stereocenters. The molecule has 2 rings (SSSR count). The van der Waals surface area contributed by atoms with E-state index in [1.165, 1.54) is 0 Å². The van der Waals surface area contributed by atoms with Crippen LogP contribution in [0.3, 0.4) is 0 Å². The summed E-state index contributed by atoms with van der Waals surface area (Å²) in [7, 11) is 0. The van der Waals surface area contributed by atoms with E-state index in [1.54, 1.807) is 6.08 Å². The van der Waals surface area contributed by atoms with Gasteiger partial charge in [0.25, 0.3) is 0 Å². The first-order valence-electron chi connectivity index (χ1n) is 8.82. The zero-order chi connectivity index (χ0) is 19.1. The molecule has 0 spiro atoms. The second kappa shape index (κ2) is 8.99. The summed E-state index contributed by atoms with van der Waals surface area (Å²) >= 11 is 0. The van der Waals surface area contributed by atoms with Crippen LogP contribution in [0.2, 0.25) is 0 Å². The summed E-state index contributed by atoms with van der Waals surface area (Å²) in [6.45, 7) is 9.86. The van der Waals surface area contributed by atoms with Crippen LogP contribution in [-0.4, -0.2) is 16.8 Å². The predicted octanol–water partition coefficient (Wildman–Crippen LogP) is 5.30. The summed E-state index contributed by atoms with van der Waals surface area (Å²) in [6.07, 6.45) is 10.9. The average molecular weight is 350 g/mol. The van der Waals surface area contributed by atoms with Gasteiger partial charge < -0.3 is 9.88 Å². The molecule has 4 nitrogen and oxygen atoms in total. The molecule has 136 valence electrons. The second-order valence-electron chi connectivity index (χ2n) is 6.61. The number of fused-ring (bicyclic) bond motifs is 1. The molecule has 1 amide bonds. The monoisotopic (exact) mass is 350 g/mol. The fourth-order valence-electron chi connectivity index (χ4n) is 2.90. The van der Waals surface area contributed by atoms with E-state index in [0.29, 0.717) is 18.0 Å².